The summed E-state index contributed by atoms with van der Waals surface area (Å²) in [5.41, 5.74) is 8.52. The normalized spacial score (nSPS) is 17.7. The third-order valence-corrected chi connectivity index (χ3v) is 4.02. The summed E-state index contributed by atoms with van der Waals surface area (Å²) in [4.78, 5) is 0. The maximum Gasteiger partial charge on any atom is 0.0643 e. The molecule has 1 atom stereocenters. The lowest BCUT2D eigenvalue weighted by molar-refractivity contribution is 0.461. The zero-order valence-electron chi connectivity index (χ0n) is 11.2. The second kappa shape index (κ2) is 5.57. The standard InChI is InChI=1S/C16H21N3/c17-16(13-6-2-1-3-7-13)12-14-10-11-19(18-14)15-8-4-5-9-15/h1-3,6-7,10-11,15-16H,4-5,8-9,12,17H2. The lowest BCUT2D eigenvalue weighted by atomic mass is 10.0. The number of hydrogen-bond acceptors (Lipinski definition) is 2. The molecule has 100 valence electrons. The van der Waals surface area contributed by atoms with E-state index in [0.29, 0.717) is 6.04 Å². The molecular formula is C16H21N3. The van der Waals surface area contributed by atoms with Gasteiger partial charge in [0.15, 0.2) is 0 Å². The van der Waals surface area contributed by atoms with Crippen LogP contribution in [0.1, 0.15) is 49.0 Å². The van der Waals surface area contributed by atoms with Gasteiger partial charge in [-0.25, -0.2) is 0 Å². The Morgan fingerprint density at radius 3 is 2.63 bits per heavy atom. The van der Waals surface area contributed by atoms with Crippen LogP contribution in [-0.2, 0) is 6.42 Å². The molecule has 0 spiro atoms. The quantitative estimate of drug-likeness (QED) is 0.911. The SMILES string of the molecule is NC(Cc1ccn(C2CCCC2)n1)c1ccccc1. The van der Waals surface area contributed by atoms with E-state index in [1.807, 2.05) is 18.2 Å². The van der Waals surface area contributed by atoms with E-state index < -0.39 is 0 Å². The van der Waals surface area contributed by atoms with Crippen LogP contribution in [0.5, 0.6) is 0 Å². The Kier molecular flexibility index (Phi) is 3.65. The zero-order chi connectivity index (χ0) is 13.1. The lowest BCUT2D eigenvalue weighted by Gasteiger charge is -2.11. The molecule has 0 bridgehead atoms. The Morgan fingerprint density at radius 2 is 1.89 bits per heavy atom. The first kappa shape index (κ1) is 12.4. The molecule has 1 aliphatic carbocycles. The molecule has 19 heavy (non-hydrogen) atoms. The van der Waals surface area contributed by atoms with E-state index in [1.165, 1.54) is 31.2 Å². The first-order valence-corrected chi connectivity index (χ1v) is 7.17. The van der Waals surface area contributed by atoms with Crippen LogP contribution < -0.4 is 5.73 Å². The summed E-state index contributed by atoms with van der Waals surface area (Å²) in [6, 6.07) is 13.0. The molecule has 3 rings (SSSR count). The second-order valence-corrected chi connectivity index (χ2v) is 5.45. The number of aromatic nitrogens is 2. The van der Waals surface area contributed by atoms with Crippen molar-refractivity contribution in [3.63, 3.8) is 0 Å². The minimum atomic E-state index is 0.0353. The average molecular weight is 255 g/mol. The highest BCUT2D eigenvalue weighted by Crippen LogP contribution is 2.29. The molecule has 1 unspecified atom stereocenters. The third-order valence-electron chi connectivity index (χ3n) is 4.02. The van der Waals surface area contributed by atoms with Crippen LogP contribution in [0.3, 0.4) is 0 Å². The van der Waals surface area contributed by atoms with Gasteiger partial charge in [0.25, 0.3) is 0 Å². The molecule has 2 aromatic rings. The number of nitrogens with two attached hydrogens (primary N) is 1. The predicted octanol–water partition coefficient (Wildman–Crippen LogP) is 3.24. The van der Waals surface area contributed by atoms with Gasteiger partial charge in [0.1, 0.15) is 0 Å². The molecule has 3 heteroatoms. The number of benzene rings is 1. The molecule has 0 amide bonds. The summed E-state index contributed by atoms with van der Waals surface area (Å²) >= 11 is 0. The van der Waals surface area contributed by atoms with Gasteiger partial charge < -0.3 is 5.73 Å². The van der Waals surface area contributed by atoms with E-state index in [2.05, 4.69) is 29.1 Å². The maximum atomic E-state index is 6.24. The largest absolute Gasteiger partial charge is 0.324 e. The van der Waals surface area contributed by atoms with Gasteiger partial charge in [0.2, 0.25) is 0 Å². The molecule has 1 aromatic carbocycles. The molecule has 1 aliphatic rings. The summed E-state index contributed by atoms with van der Waals surface area (Å²) in [6.07, 6.45) is 8.14. The van der Waals surface area contributed by atoms with Gasteiger partial charge in [0.05, 0.1) is 11.7 Å². The molecule has 0 aliphatic heterocycles. The fraction of sp³-hybridized carbons (Fsp3) is 0.438. The second-order valence-electron chi connectivity index (χ2n) is 5.45. The molecule has 1 saturated carbocycles. The summed E-state index contributed by atoms with van der Waals surface area (Å²) in [5, 5.41) is 4.69. The van der Waals surface area contributed by atoms with Gasteiger partial charge in [-0.3, -0.25) is 4.68 Å². The van der Waals surface area contributed by atoms with E-state index in [1.54, 1.807) is 0 Å². The molecule has 2 N–H and O–H groups in total. The Morgan fingerprint density at radius 1 is 1.16 bits per heavy atom. The topological polar surface area (TPSA) is 43.8 Å². The van der Waals surface area contributed by atoms with Crippen LogP contribution in [0.2, 0.25) is 0 Å². The average Bonchev–Trinajstić information content (AvgIpc) is 3.10. The third kappa shape index (κ3) is 2.87. The van der Waals surface area contributed by atoms with Gasteiger partial charge in [-0.05, 0) is 24.5 Å². The highest BCUT2D eigenvalue weighted by molar-refractivity contribution is 5.20. The van der Waals surface area contributed by atoms with Crippen molar-refractivity contribution in [1.29, 1.82) is 0 Å². The Labute approximate surface area is 114 Å². The summed E-state index contributed by atoms with van der Waals surface area (Å²) in [6.45, 7) is 0. The van der Waals surface area contributed by atoms with Crippen LogP contribution in [-0.4, -0.2) is 9.78 Å². The molecule has 1 aromatic heterocycles. The van der Waals surface area contributed by atoms with Crippen LogP contribution in [0.25, 0.3) is 0 Å². The minimum absolute atomic E-state index is 0.0353. The van der Waals surface area contributed by atoms with E-state index in [4.69, 9.17) is 10.8 Å². The predicted molar refractivity (Wildman–Crippen MR) is 76.8 cm³/mol. The van der Waals surface area contributed by atoms with E-state index in [-0.39, 0.29) is 6.04 Å². The number of hydrogen-bond donors (Lipinski definition) is 1. The van der Waals surface area contributed by atoms with Gasteiger partial charge in [-0.1, -0.05) is 43.2 Å². The first-order valence-electron chi connectivity index (χ1n) is 7.17. The molecule has 0 saturated heterocycles. The molecule has 1 fully saturated rings. The van der Waals surface area contributed by atoms with Crippen molar-refractivity contribution in [2.45, 2.75) is 44.2 Å². The van der Waals surface area contributed by atoms with Crippen molar-refractivity contribution >= 4 is 0 Å². The Bertz CT molecular complexity index is 512. The Hall–Kier alpha value is -1.61. The highest BCUT2D eigenvalue weighted by Gasteiger charge is 2.18. The maximum absolute atomic E-state index is 6.24. The van der Waals surface area contributed by atoms with Gasteiger partial charge in [0, 0.05) is 18.7 Å². The molecular weight excluding hydrogens is 234 g/mol. The fourth-order valence-electron chi connectivity index (χ4n) is 2.90. The highest BCUT2D eigenvalue weighted by atomic mass is 15.3. The van der Waals surface area contributed by atoms with Crippen molar-refractivity contribution < 1.29 is 0 Å². The van der Waals surface area contributed by atoms with Crippen LogP contribution in [0.4, 0.5) is 0 Å². The Balaban J connectivity index is 1.66. The van der Waals surface area contributed by atoms with Crippen molar-refractivity contribution in [2.75, 3.05) is 0 Å². The van der Waals surface area contributed by atoms with Crippen molar-refractivity contribution in [3.05, 3.63) is 53.9 Å². The van der Waals surface area contributed by atoms with E-state index >= 15 is 0 Å². The lowest BCUT2D eigenvalue weighted by Crippen LogP contribution is -2.14. The molecule has 3 nitrogen and oxygen atoms in total. The molecule has 0 radical (unpaired) electrons. The summed E-state index contributed by atoms with van der Waals surface area (Å²) < 4.78 is 2.14. The van der Waals surface area contributed by atoms with E-state index in [9.17, 15) is 0 Å². The number of rotatable bonds is 4. The van der Waals surface area contributed by atoms with Crippen LogP contribution in [0.15, 0.2) is 42.6 Å². The van der Waals surface area contributed by atoms with Crippen LogP contribution in [0, 0.1) is 0 Å². The summed E-state index contributed by atoms with van der Waals surface area (Å²) in [5.74, 6) is 0. The minimum Gasteiger partial charge on any atom is -0.324 e. The van der Waals surface area contributed by atoms with Crippen LogP contribution >= 0.6 is 0 Å². The van der Waals surface area contributed by atoms with Crippen molar-refractivity contribution in [3.8, 4) is 0 Å². The smallest absolute Gasteiger partial charge is 0.0643 e. The fourth-order valence-corrected chi connectivity index (χ4v) is 2.90. The van der Waals surface area contributed by atoms with Gasteiger partial charge in [-0.2, -0.15) is 5.10 Å². The van der Waals surface area contributed by atoms with Gasteiger partial charge >= 0.3 is 0 Å². The number of nitrogens with zero attached hydrogens (tertiary/aromatic N) is 2. The van der Waals surface area contributed by atoms with Crippen molar-refractivity contribution in [1.82, 2.24) is 9.78 Å². The monoisotopic (exact) mass is 255 g/mol. The van der Waals surface area contributed by atoms with Gasteiger partial charge in [-0.15, -0.1) is 0 Å². The van der Waals surface area contributed by atoms with E-state index in [0.717, 1.165) is 12.1 Å². The first-order chi connectivity index (χ1) is 9.33. The zero-order valence-corrected chi connectivity index (χ0v) is 11.2. The van der Waals surface area contributed by atoms with Crippen molar-refractivity contribution in [2.24, 2.45) is 5.73 Å². The summed E-state index contributed by atoms with van der Waals surface area (Å²) in [7, 11) is 0. The molecule has 1 heterocycles.